The van der Waals surface area contributed by atoms with Crippen molar-refractivity contribution in [2.45, 2.75) is 103 Å². The SMILES string of the molecule is CC1(C)CN(C(C)(OC(C)(N2CCOC(C)(C)C2)N2CCOC(C)(C)C2)N2CCOC(C)(C)C2)CCO1. The predicted molar refractivity (Wildman–Crippen MR) is 144 cm³/mol. The van der Waals surface area contributed by atoms with Gasteiger partial charge in [-0.3, -0.25) is 19.6 Å². The highest BCUT2D eigenvalue weighted by atomic mass is 16.6. The number of hydrogen-bond donors (Lipinski definition) is 0. The molecule has 4 heterocycles. The Hall–Kier alpha value is -0.360. The van der Waals surface area contributed by atoms with Gasteiger partial charge in [0.1, 0.15) is 0 Å². The normalized spacial score (nSPS) is 30.3. The second-order valence-electron chi connectivity index (χ2n) is 14.1. The minimum Gasteiger partial charge on any atom is -0.373 e. The van der Waals surface area contributed by atoms with Gasteiger partial charge in [0.2, 0.25) is 0 Å². The lowest BCUT2D eigenvalue weighted by molar-refractivity contribution is -0.391. The van der Waals surface area contributed by atoms with Crippen molar-refractivity contribution in [3.8, 4) is 0 Å². The van der Waals surface area contributed by atoms with Crippen molar-refractivity contribution < 1.29 is 23.7 Å². The highest BCUT2D eigenvalue weighted by Crippen LogP contribution is 2.39. The molecule has 0 radical (unpaired) electrons. The molecule has 0 saturated carbocycles. The summed E-state index contributed by atoms with van der Waals surface area (Å²) in [6.45, 7) is 31.1. The van der Waals surface area contributed by atoms with Gasteiger partial charge in [0, 0.05) is 52.4 Å². The summed E-state index contributed by atoms with van der Waals surface area (Å²) in [6, 6.07) is 0. The monoisotopic (exact) mass is 526 g/mol. The van der Waals surface area contributed by atoms with Crippen molar-refractivity contribution in [3.63, 3.8) is 0 Å². The van der Waals surface area contributed by atoms with E-state index in [2.05, 4.69) is 88.8 Å². The lowest BCUT2D eigenvalue weighted by Gasteiger charge is -2.61. The van der Waals surface area contributed by atoms with Crippen LogP contribution in [0.4, 0.5) is 0 Å². The third-order valence-corrected chi connectivity index (χ3v) is 8.44. The molecule has 216 valence electrons. The van der Waals surface area contributed by atoms with Crippen LogP contribution >= 0.6 is 0 Å². The van der Waals surface area contributed by atoms with Crippen molar-refractivity contribution in [1.29, 1.82) is 0 Å². The summed E-state index contributed by atoms with van der Waals surface area (Å²) in [6.07, 6.45) is 0. The minimum absolute atomic E-state index is 0.247. The van der Waals surface area contributed by atoms with Crippen LogP contribution < -0.4 is 0 Å². The average Bonchev–Trinajstić information content (AvgIpc) is 2.76. The van der Waals surface area contributed by atoms with E-state index in [1.165, 1.54) is 0 Å². The van der Waals surface area contributed by atoms with Crippen molar-refractivity contribution >= 4 is 0 Å². The maximum absolute atomic E-state index is 7.64. The molecule has 0 atom stereocenters. The smallest absolute Gasteiger partial charge is 0.180 e. The highest BCUT2D eigenvalue weighted by Gasteiger charge is 2.55. The van der Waals surface area contributed by atoms with Gasteiger partial charge >= 0.3 is 0 Å². The van der Waals surface area contributed by atoms with Crippen LogP contribution in [-0.2, 0) is 23.7 Å². The Bertz CT molecular complexity index is 681. The largest absolute Gasteiger partial charge is 0.373 e. The molecule has 0 aromatic carbocycles. The molecule has 4 fully saturated rings. The number of nitrogens with zero attached hydrogens (tertiary/aromatic N) is 4. The second kappa shape index (κ2) is 10.2. The third-order valence-electron chi connectivity index (χ3n) is 8.44. The summed E-state index contributed by atoms with van der Waals surface area (Å²) in [5.74, 6) is -1.33. The molecule has 0 N–H and O–H groups in total. The Morgan fingerprint density at radius 2 is 0.676 bits per heavy atom. The van der Waals surface area contributed by atoms with Crippen LogP contribution in [0.1, 0.15) is 69.2 Å². The predicted octanol–water partition coefficient (Wildman–Crippen LogP) is 2.79. The van der Waals surface area contributed by atoms with Crippen LogP contribution in [-0.4, -0.2) is 132 Å². The zero-order chi connectivity index (χ0) is 27.3. The van der Waals surface area contributed by atoms with Gasteiger partial charge in [-0.15, -0.1) is 0 Å². The van der Waals surface area contributed by atoms with Crippen molar-refractivity contribution in [2.75, 3.05) is 78.8 Å². The highest BCUT2D eigenvalue weighted by molar-refractivity contribution is 4.96. The fourth-order valence-corrected chi connectivity index (χ4v) is 6.51. The van der Waals surface area contributed by atoms with Crippen molar-refractivity contribution in [3.05, 3.63) is 0 Å². The first-order valence-electron chi connectivity index (χ1n) is 14.2. The lowest BCUT2D eigenvalue weighted by Crippen LogP contribution is -2.76. The van der Waals surface area contributed by atoms with E-state index in [-0.39, 0.29) is 22.4 Å². The molecule has 9 nitrogen and oxygen atoms in total. The molecule has 9 heteroatoms. The first-order valence-corrected chi connectivity index (χ1v) is 14.2. The zero-order valence-corrected chi connectivity index (χ0v) is 25.3. The van der Waals surface area contributed by atoms with E-state index in [1.54, 1.807) is 0 Å². The molecule has 37 heavy (non-hydrogen) atoms. The number of ether oxygens (including phenoxy) is 5. The molecule has 4 aliphatic heterocycles. The van der Waals surface area contributed by atoms with E-state index in [4.69, 9.17) is 23.7 Å². The van der Waals surface area contributed by atoms with E-state index in [9.17, 15) is 0 Å². The lowest BCUT2D eigenvalue weighted by atomic mass is 10.0. The van der Waals surface area contributed by atoms with Gasteiger partial charge in [0.05, 0.1) is 48.8 Å². The summed E-state index contributed by atoms with van der Waals surface area (Å²) in [5, 5.41) is 0. The Morgan fingerprint density at radius 1 is 0.459 bits per heavy atom. The molecule has 4 saturated heterocycles. The van der Waals surface area contributed by atoms with Crippen LogP contribution in [0, 0.1) is 0 Å². The van der Waals surface area contributed by atoms with Crippen LogP contribution in [0.2, 0.25) is 0 Å². The standard InChI is InChI=1S/C28H54N4O5/c1-23(2)19-29(11-15-33-23)27(9,30-12-16-34-24(3,4)20-30)37-28(10,31-13-17-35-25(5,6)21-31)32-14-18-36-26(7,8)22-32/h11-22H2,1-10H3. The molecular weight excluding hydrogens is 472 g/mol. The first kappa shape index (κ1) is 29.6. The average molecular weight is 527 g/mol. The Balaban J connectivity index is 1.75. The molecule has 0 spiro atoms. The van der Waals surface area contributed by atoms with Crippen LogP contribution in [0.25, 0.3) is 0 Å². The van der Waals surface area contributed by atoms with Gasteiger partial charge in [-0.25, -0.2) is 0 Å². The van der Waals surface area contributed by atoms with Crippen molar-refractivity contribution in [2.24, 2.45) is 0 Å². The van der Waals surface area contributed by atoms with Gasteiger partial charge < -0.3 is 23.7 Å². The molecular formula is C28H54N4O5. The van der Waals surface area contributed by atoms with Crippen molar-refractivity contribution in [1.82, 2.24) is 19.6 Å². The second-order valence-corrected chi connectivity index (χ2v) is 14.1. The van der Waals surface area contributed by atoms with Gasteiger partial charge in [0.25, 0.3) is 0 Å². The van der Waals surface area contributed by atoms with Gasteiger partial charge in [0.15, 0.2) is 11.7 Å². The number of hydrogen-bond acceptors (Lipinski definition) is 9. The Morgan fingerprint density at radius 3 is 0.865 bits per heavy atom. The fourth-order valence-electron chi connectivity index (χ4n) is 6.51. The molecule has 0 aliphatic carbocycles. The molecule has 0 aromatic heterocycles. The summed E-state index contributed by atoms with van der Waals surface area (Å²) in [5.41, 5.74) is -0.988. The first-order chi connectivity index (χ1) is 17.0. The van der Waals surface area contributed by atoms with E-state index in [1.807, 2.05) is 0 Å². The molecule has 0 amide bonds. The zero-order valence-electron chi connectivity index (χ0n) is 25.3. The molecule has 0 aromatic rings. The van der Waals surface area contributed by atoms with Gasteiger partial charge in [-0.05, 0) is 69.2 Å². The minimum atomic E-state index is -0.665. The fraction of sp³-hybridized carbons (Fsp3) is 1.00. The van der Waals surface area contributed by atoms with E-state index in [0.717, 1.165) is 52.4 Å². The third kappa shape index (κ3) is 6.69. The Kier molecular flexibility index (Phi) is 8.19. The number of rotatable bonds is 6. The number of morpholine rings is 4. The van der Waals surface area contributed by atoms with E-state index < -0.39 is 11.7 Å². The summed E-state index contributed by atoms with van der Waals surface area (Å²) in [4.78, 5) is 9.97. The summed E-state index contributed by atoms with van der Waals surface area (Å²) < 4.78 is 32.2. The molecule has 4 aliphatic rings. The van der Waals surface area contributed by atoms with Crippen LogP contribution in [0.15, 0.2) is 0 Å². The molecule has 4 rings (SSSR count). The van der Waals surface area contributed by atoms with Gasteiger partial charge in [-0.1, -0.05) is 0 Å². The summed E-state index contributed by atoms with van der Waals surface area (Å²) >= 11 is 0. The maximum atomic E-state index is 7.64. The van der Waals surface area contributed by atoms with E-state index in [0.29, 0.717) is 26.4 Å². The topological polar surface area (TPSA) is 59.1 Å². The maximum Gasteiger partial charge on any atom is 0.180 e. The van der Waals surface area contributed by atoms with E-state index >= 15 is 0 Å². The van der Waals surface area contributed by atoms with Crippen LogP contribution in [0.5, 0.6) is 0 Å². The van der Waals surface area contributed by atoms with Crippen LogP contribution in [0.3, 0.4) is 0 Å². The quantitative estimate of drug-likeness (QED) is 0.520. The Labute approximate surface area is 225 Å². The van der Waals surface area contributed by atoms with Gasteiger partial charge in [-0.2, -0.15) is 0 Å². The molecule has 0 unspecified atom stereocenters. The summed E-state index contributed by atoms with van der Waals surface area (Å²) in [7, 11) is 0. The molecule has 0 bridgehead atoms.